The Morgan fingerprint density at radius 3 is 2.48 bits per heavy atom. The molecule has 1 N–H and O–H groups in total. The van der Waals surface area contributed by atoms with Crippen molar-refractivity contribution >= 4 is 29.2 Å². The summed E-state index contributed by atoms with van der Waals surface area (Å²) in [5.74, 6) is -0.142. The minimum atomic E-state index is -0.461. The normalized spacial score (nSPS) is 22.7. The van der Waals surface area contributed by atoms with E-state index in [-0.39, 0.29) is 23.8 Å². The lowest BCUT2D eigenvalue weighted by molar-refractivity contribution is -0.156. The number of hydrogen-bond donors (Lipinski definition) is 1. The molecule has 0 aromatic heterocycles. The molecular formula is C25H36N4O4. The van der Waals surface area contributed by atoms with Crippen LogP contribution in [-0.2, 0) is 19.1 Å². The van der Waals surface area contributed by atoms with Crippen LogP contribution in [0.3, 0.4) is 0 Å². The molecular weight excluding hydrogens is 420 g/mol. The fourth-order valence-corrected chi connectivity index (χ4v) is 5.28. The van der Waals surface area contributed by atoms with Gasteiger partial charge in [0, 0.05) is 26.6 Å². The minimum absolute atomic E-state index is 0.169. The number of para-hydroxylation sites is 1. The summed E-state index contributed by atoms with van der Waals surface area (Å²) < 4.78 is 5.48. The first-order chi connectivity index (χ1) is 15.6. The van der Waals surface area contributed by atoms with E-state index in [1.807, 2.05) is 20.8 Å². The molecule has 1 aromatic rings. The van der Waals surface area contributed by atoms with E-state index in [1.54, 1.807) is 0 Å². The fourth-order valence-electron chi connectivity index (χ4n) is 5.28. The molecule has 1 atom stereocenters. The Labute approximate surface area is 196 Å². The quantitative estimate of drug-likeness (QED) is 0.550. The molecule has 2 amide bonds. The number of rotatable bonds is 4. The maximum absolute atomic E-state index is 12.6. The Morgan fingerprint density at radius 2 is 1.82 bits per heavy atom. The maximum Gasteiger partial charge on any atom is 0.320 e. The molecule has 8 heteroatoms. The van der Waals surface area contributed by atoms with Gasteiger partial charge in [-0.2, -0.15) is 0 Å². The fraction of sp³-hybridized carbons (Fsp3) is 0.640. The van der Waals surface area contributed by atoms with Crippen LogP contribution in [0.2, 0.25) is 0 Å². The number of nitrogens with one attached hydrogen (secondary N) is 1. The molecule has 3 aliphatic rings. The zero-order chi connectivity index (χ0) is 23.8. The third-order valence-electron chi connectivity index (χ3n) is 6.80. The number of amides is 2. The number of anilines is 2. The smallest absolute Gasteiger partial charge is 0.320 e. The van der Waals surface area contributed by atoms with Gasteiger partial charge < -0.3 is 14.5 Å². The van der Waals surface area contributed by atoms with Gasteiger partial charge in [0.15, 0.2) is 0 Å². The van der Waals surface area contributed by atoms with Crippen LogP contribution in [0, 0.1) is 0 Å². The van der Waals surface area contributed by atoms with Crippen LogP contribution in [0.15, 0.2) is 18.2 Å². The van der Waals surface area contributed by atoms with Gasteiger partial charge in [0.25, 0.3) is 0 Å². The van der Waals surface area contributed by atoms with E-state index in [0.29, 0.717) is 25.3 Å². The average molecular weight is 457 g/mol. The summed E-state index contributed by atoms with van der Waals surface area (Å²) >= 11 is 0. The van der Waals surface area contributed by atoms with E-state index in [0.717, 1.165) is 44.7 Å². The summed E-state index contributed by atoms with van der Waals surface area (Å²) in [5.41, 5.74) is 3.12. The van der Waals surface area contributed by atoms with Gasteiger partial charge in [0.1, 0.15) is 11.6 Å². The summed E-state index contributed by atoms with van der Waals surface area (Å²) in [6, 6.07) is 6.08. The van der Waals surface area contributed by atoms with Gasteiger partial charge in [0.2, 0.25) is 11.8 Å². The molecule has 0 saturated carbocycles. The predicted molar refractivity (Wildman–Crippen MR) is 127 cm³/mol. The highest BCUT2D eigenvalue weighted by Gasteiger charge is 2.36. The molecule has 2 fully saturated rings. The van der Waals surface area contributed by atoms with Crippen molar-refractivity contribution in [2.45, 2.75) is 64.0 Å². The summed E-state index contributed by atoms with van der Waals surface area (Å²) in [7, 11) is 2.11. The van der Waals surface area contributed by atoms with Crippen molar-refractivity contribution in [1.29, 1.82) is 0 Å². The molecule has 0 aliphatic carbocycles. The molecule has 4 rings (SSSR count). The first-order valence-electron chi connectivity index (χ1n) is 12.0. The van der Waals surface area contributed by atoms with Crippen LogP contribution >= 0.6 is 0 Å². The number of imide groups is 1. The van der Waals surface area contributed by atoms with Gasteiger partial charge in [-0.05, 0) is 70.7 Å². The number of carbonyl (C=O) groups excluding carboxylic acids is 3. The minimum Gasteiger partial charge on any atom is -0.459 e. The second-order valence-corrected chi connectivity index (χ2v) is 10.4. The van der Waals surface area contributed by atoms with E-state index in [9.17, 15) is 14.4 Å². The Kier molecular flexibility index (Phi) is 6.66. The summed E-state index contributed by atoms with van der Waals surface area (Å²) in [6.45, 7) is 9.31. The van der Waals surface area contributed by atoms with Crippen LogP contribution in [-0.4, -0.2) is 74.1 Å². The zero-order valence-electron chi connectivity index (χ0n) is 20.2. The molecule has 8 nitrogen and oxygen atoms in total. The van der Waals surface area contributed by atoms with E-state index in [4.69, 9.17) is 4.74 Å². The molecule has 3 heterocycles. The van der Waals surface area contributed by atoms with Crippen LogP contribution in [0.25, 0.3) is 0 Å². The molecule has 180 valence electrons. The van der Waals surface area contributed by atoms with Gasteiger partial charge in [0.05, 0.1) is 17.9 Å². The topological polar surface area (TPSA) is 82.2 Å². The summed E-state index contributed by atoms with van der Waals surface area (Å²) in [4.78, 5) is 43.1. The number of nitrogens with zero attached hydrogens (tertiary/aromatic N) is 3. The van der Waals surface area contributed by atoms with E-state index >= 15 is 0 Å². The highest BCUT2D eigenvalue weighted by molar-refractivity contribution is 6.02. The number of likely N-dealkylation sites (tertiary alicyclic amines) is 1. The Balaban J connectivity index is 1.48. The Hall–Kier alpha value is -2.61. The first kappa shape index (κ1) is 23.5. The van der Waals surface area contributed by atoms with Crippen molar-refractivity contribution in [3.05, 3.63) is 23.8 Å². The number of fused-ring (bicyclic) bond motifs is 1. The van der Waals surface area contributed by atoms with Crippen molar-refractivity contribution in [2.24, 2.45) is 0 Å². The lowest BCUT2D eigenvalue weighted by atomic mass is 9.86. The molecule has 1 aromatic carbocycles. The SMILES string of the molecule is CN1CCN(C2CCC(=O)NC2=O)c2cccc(C3CCN(CC(=O)OC(C)(C)C)CC3)c21. The number of ether oxygens (including phenoxy) is 1. The monoisotopic (exact) mass is 456 g/mol. The molecule has 0 radical (unpaired) electrons. The largest absolute Gasteiger partial charge is 0.459 e. The Bertz CT molecular complexity index is 917. The van der Waals surface area contributed by atoms with Crippen molar-refractivity contribution < 1.29 is 19.1 Å². The van der Waals surface area contributed by atoms with Crippen molar-refractivity contribution in [1.82, 2.24) is 10.2 Å². The average Bonchev–Trinajstić information content (AvgIpc) is 2.73. The lowest BCUT2D eigenvalue weighted by Gasteiger charge is -2.44. The summed E-state index contributed by atoms with van der Waals surface area (Å²) in [6.07, 6.45) is 2.89. The van der Waals surface area contributed by atoms with Gasteiger partial charge in [-0.3, -0.25) is 24.6 Å². The number of hydrogen-bond acceptors (Lipinski definition) is 7. The van der Waals surface area contributed by atoms with Crippen LogP contribution in [0.1, 0.15) is 57.9 Å². The highest BCUT2D eigenvalue weighted by Crippen LogP contribution is 2.43. The molecule has 0 bridgehead atoms. The number of esters is 1. The number of likely N-dealkylation sites (N-methyl/N-ethyl adjacent to an activating group) is 1. The highest BCUT2D eigenvalue weighted by atomic mass is 16.6. The van der Waals surface area contributed by atoms with Crippen molar-refractivity contribution in [3.63, 3.8) is 0 Å². The van der Waals surface area contributed by atoms with Crippen LogP contribution in [0.5, 0.6) is 0 Å². The Morgan fingerprint density at radius 1 is 1.09 bits per heavy atom. The molecule has 2 saturated heterocycles. The second kappa shape index (κ2) is 9.33. The van der Waals surface area contributed by atoms with Crippen LogP contribution in [0.4, 0.5) is 11.4 Å². The van der Waals surface area contributed by atoms with Gasteiger partial charge in [-0.15, -0.1) is 0 Å². The predicted octanol–water partition coefficient (Wildman–Crippen LogP) is 2.27. The third kappa shape index (κ3) is 5.32. The van der Waals surface area contributed by atoms with Crippen molar-refractivity contribution in [3.8, 4) is 0 Å². The maximum atomic E-state index is 12.6. The first-order valence-corrected chi connectivity index (χ1v) is 12.0. The lowest BCUT2D eigenvalue weighted by Crippen LogP contribution is -2.55. The van der Waals surface area contributed by atoms with Gasteiger partial charge >= 0.3 is 5.97 Å². The molecule has 33 heavy (non-hydrogen) atoms. The van der Waals surface area contributed by atoms with E-state index < -0.39 is 5.60 Å². The molecule has 1 unspecified atom stereocenters. The number of benzene rings is 1. The number of carbonyl (C=O) groups is 3. The second-order valence-electron chi connectivity index (χ2n) is 10.4. The molecule has 0 spiro atoms. The zero-order valence-corrected chi connectivity index (χ0v) is 20.2. The van der Waals surface area contributed by atoms with Gasteiger partial charge in [-0.25, -0.2) is 0 Å². The molecule has 3 aliphatic heterocycles. The summed E-state index contributed by atoms with van der Waals surface area (Å²) in [5, 5.41) is 2.50. The van der Waals surface area contributed by atoms with E-state index in [2.05, 4.69) is 45.3 Å². The van der Waals surface area contributed by atoms with Gasteiger partial charge in [-0.1, -0.05) is 12.1 Å². The standard InChI is InChI=1S/C25H36N4O4/c1-25(2,3)33-22(31)16-28-12-10-17(11-13-28)18-6-5-7-19-23(18)27(4)14-15-29(19)20-8-9-21(30)26-24(20)32/h5-7,17,20H,8-16H2,1-4H3,(H,26,30,32). The van der Waals surface area contributed by atoms with Crippen LogP contribution < -0.4 is 15.1 Å². The van der Waals surface area contributed by atoms with Crippen molar-refractivity contribution in [2.75, 3.05) is 49.6 Å². The number of piperidine rings is 2. The third-order valence-corrected chi connectivity index (χ3v) is 6.80. The van der Waals surface area contributed by atoms with E-state index in [1.165, 1.54) is 11.3 Å².